The lowest BCUT2D eigenvalue weighted by Gasteiger charge is -2.30. The highest BCUT2D eigenvalue weighted by Crippen LogP contribution is 2.20. The maximum absolute atomic E-state index is 13.4. The number of carbonyl (C=O) groups is 2. The van der Waals surface area contributed by atoms with Crippen LogP contribution < -0.4 is 0 Å². The third kappa shape index (κ3) is 3.45. The molecule has 4 aromatic heterocycles. The van der Waals surface area contributed by atoms with E-state index in [1.807, 2.05) is 0 Å². The number of nitrogens with zero attached hydrogens (tertiary/aromatic N) is 7. The van der Waals surface area contributed by atoms with Crippen LogP contribution in [0.5, 0.6) is 0 Å². The minimum atomic E-state index is -0.609. The Morgan fingerprint density at radius 1 is 1.19 bits per heavy atom. The van der Waals surface area contributed by atoms with Crippen LogP contribution in [0.3, 0.4) is 0 Å². The Bertz CT molecular complexity index is 1320. The summed E-state index contributed by atoms with van der Waals surface area (Å²) in [4.78, 5) is 35.3. The van der Waals surface area contributed by atoms with Crippen LogP contribution in [0.15, 0.2) is 42.9 Å². The van der Waals surface area contributed by atoms with E-state index in [1.165, 1.54) is 23.1 Å². The van der Waals surface area contributed by atoms with Gasteiger partial charge in [0.1, 0.15) is 5.69 Å². The van der Waals surface area contributed by atoms with E-state index in [2.05, 4.69) is 20.2 Å². The van der Waals surface area contributed by atoms with Crippen molar-refractivity contribution in [2.45, 2.75) is 12.8 Å². The highest BCUT2D eigenvalue weighted by atomic mass is 19.1. The molecule has 0 spiro atoms. The largest absolute Gasteiger partial charge is 0.338 e. The molecule has 0 radical (unpaired) electrons. The lowest BCUT2D eigenvalue weighted by molar-refractivity contribution is 0.0647. The number of rotatable bonds is 5. The SMILES string of the molecule is Cn1ncc(C(=O)N2CCC2)c1C(=O)Cc1ccn2nc(-c3ccnc(F)c3)nc2c1. The molecule has 4 aromatic rings. The van der Waals surface area contributed by atoms with Gasteiger partial charge in [-0.3, -0.25) is 14.3 Å². The fourth-order valence-corrected chi connectivity index (χ4v) is 3.58. The van der Waals surface area contributed by atoms with Crippen molar-refractivity contribution in [1.29, 1.82) is 0 Å². The zero-order valence-corrected chi connectivity index (χ0v) is 16.7. The van der Waals surface area contributed by atoms with Crippen LogP contribution in [-0.2, 0) is 13.5 Å². The summed E-state index contributed by atoms with van der Waals surface area (Å²) in [5.74, 6) is -0.616. The van der Waals surface area contributed by atoms with Crippen LogP contribution >= 0.6 is 0 Å². The molecule has 0 atom stereocenters. The number of aryl methyl sites for hydroxylation is 1. The molecule has 31 heavy (non-hydrogen) atoms. The second-order valence-electron chi connectivity index (χ2n) is 7.42. The number of aromatic nitrogens is 6. The van der Waals surface area contributed by atoms with Crippen molar-refractivity contribution in [3.8, 4) is 11.4 Å². The number of ketones is 1. The van der Waals surface area contributed by atoms with Gasteiger partial charge in [0, 0.05) is 50.6 Å². The van der Waals surface area contributed by atoms with Gasteiger partial charge in [0.05, 0.1) is 11.8 Å². The molecular formula is C21H18FN7O2. The lowest BCUT2D eigenvalue weighted by atomic mass is 10.0. The monoisotopic (exact) mass is 419 g/mol. The van der Waals surface area contributed by atoms with Crippen LogP contribution in [0.1, 0.15) is 32.8 Å². The van der Waals surface area contributed by atoms with Gasteiger partial charge in [-0.2, -0.15) is 9.49 Å². The molecule has 1 fully saturated rings. The first-order valence-electron chi connectivity index (χ1n) is 9.81. The number of pyridine rings is 2. The van der Waals surface area contributed by atoms with Gasteiger partial charge < -0.3 is 4.90 Å². The molecule has 1 aliphatic rings. The number of carbonyl (C=O) groups excluding carboxylic acids is 2. The zero-order valence-electron chi connectivity index (χ0n) is 16.7. The Balaban J connectivity index is 1.41. The van der Waals surface area contributed by atoms with E-state index < -0.39 is 5.95 Å². The Kier molecular flexibility index (Phi) is 4.54. The van der Waals surface area contributed by atoms with E-state index in [4.69, 9.17) is 0 Å². The molecule has 0 unspecified atom stereocenters. The first-order chi connectivity index (χ1) is 15.0. The maximum atomic E-state index is 13.4. The van der Waals surface area contributed by atoms with Gasteiger partial charge in [-0.1, -0.05) is 0 Å². The second-order valence-corrected chi connectivity index (χ2v) is 7.42. The smallest absolute Gasteiger partial charge is 0.257 e. The molecule has 5 rings (SSSR count). The third-order valence-corrected chi connectivity index (χ3v) is 5.33. The fourth-order valence-electron chi connectivity index (χ4n) is 3.58. The minimum Gasteiger partial charge on any atom is -0.338 e. The summed E-state index contributed by atoms with van der Waals surface area (Å²) in [5.41, 5.74) is 2.39. The van der Waals surface area contributed by atoms with Crippen molar-refractivity contribution < 1.29 is 14.0 Å². The summed E-state index contributed by atoms with van der Waals surface area (Å²) in [5, 5.41) is 8.46. The van der Waals surface area contributed by atoms with E-state index in [0.717, 1.165) is 12.0 Å². The summed E-state index contributed by atoms with van der Waals surface area (Å²) in [6, 6.07) is 6.41. The molecular weight excluding hydrogens is 401 g/mol. The lowest BCUT2D eigenvalue weighted by Crippen LogP contribution is -2.42. The van der Waals surface area contributed by atoms with Crippen LogP contribution in [0.2, 0.25) is 0 Å². The molecule has 1 saturated heterocycles. The molecule has 10 heteroatoms. The van der Waals surface area contributed by atoms with Gasteiger partial charge in [0.25, 0.3) is 5.91 Å². The van der Waals surface area contributed by atoms with E-state index >= 15 is 0 Å². The number of Topliss-reactive ketones (excluding diaryl/α,β-unsaturated/α-hetero) is 1. The van der Waals surface area contributed by atoms with Gasteiger partial charge in [-0.25, -0.2) is 14.5 Å². The van der Waals surface area contributed by atoms with Crippen LogP contribution in [0.25, 0.3) is 17.0 Å². The van der Waals surface area contributed by atoms with Crippen molar-refractivity contribution in [2.24, 2.45) is 7.05 Å². The number of likely N-dealkylation sites (tertiary alicyclic amines) is 1. The molecule has 1 aliphatic heterocycles. The minimum absolute atomic E-state index is 0.0857. The van der Waals surface area contributed by atoms with Crippen LogP contribution in [-0.4, -0.2) is 59.0 Å². The Morgan fingerprint density at radius 2 is 2.03 bits per heavy atom. The summed E-state index contributed by atoms with van der Waals surface area (Å²) < 4.78 is 16.4. The predicted molar refractivity (Wildman–Crippen MR) is 108 cm³/mol. The van der Waals surface area contributed by atoms with Gasteiger partial charge in [0.2, 0.25) is 5.95 Å². The quantitative estimate of drug-likeness (QED) is 0.362. The number of hydrogen-bond donors (Lipinski definition) is 0. The molecule has 156 valence electrons. The summed E-state index contributed by atoms with van der Waals surface area (Å²) in [6.45, 7) is 1.41. The van der Waals surface area contributed by atoms with Crippen molar-refractivity contribution in [2.75, 3.05) is 13.1 Å². The first kappa shape index (κ1) is 19.0. The van der Waals surface area contributed by atoms with E-state index in [9.17, 15) is 14.0 Å². The van der Waals surface area contributed by atoms with Gasteiger partial charge >= 0.3 is 0 Å². The molecule has 1 amide bonds. The van der Waals surface area contributed by atoms with Gasteiger partial charge in [-0.15, -0.1) is 5.10 Å². The Morgan fingerprint density at radius 3 is 2.77 bits per heavy atom. The molecule has 0 aromatic carbocycles. The molecule has 0 bridgehead atoms. The standard InChI is InChI=1S/C21H18FN7O2/c1-27-19(15(12-24-27)21(31)28-6-2-7-28)16(30)9-13-4-8-29-18(10-13)25-20(26-29)14-3-5-23-17(22)11-14/h3-5,8,10-12H,2,6-7,9H2,1H3. The number of hydrogen-bond acceptors (Lipinski definition) is 6. The molecule has 0 saturated carbocycles. The summed E-state index contributed by atoms with van der Waals surface area (Å²) in [7, 11) is 1.65. The van der Waals surface area contributed by atoms with Crippen molar-refractivity contribution in [3.63, 3.8) is 0 Å². The summed E-state index contributed by atoms with van der Waals surface area (Å²) >= 11 is 0. The predicted octanol–water partition coefficient (Wildman–Crippen LogP) is 1.94. The topological polar surface area (TPSA) is 98.3 Å². The summed E-state index contributed by atoms with van der Waals surface area (Å²) in [6.07, 6.45) is 5.56. The molecule has 5 heterocycles. The Labute approximate surface area is 176 Å². The van der Waals surface area contributed by atoms with Crippen LogP contribution in [0.4, 0.5) is 4.39 Å². The zero-order chi connectivity index (χ0) is 21.5. The van der Waals surface area contributed by atoms with E-state index in [-0.39, 0.29) is 18.1 Å². The average molecular weight is 419 g/mol. The highest BCUT2D eigenvalue weighted by Gasteiger charge is 2.28. The second kappa shape index (κ2) is 7.38. The van der Waals surface area contributed by atoms with E-state index in [1.54, 1.807) is 40.9 Å². The van der Waals surface area contributed by atoms with Gasteiger partial charge in [0.15, 0.2) is 17.3 Å². The van der Waals surface area contributed by atoms with Gasteiger partial charge in [-0.05, 0) is 30.2 Å². The first-order valence-corrected chi connectivity index (χ1v) is 9.81. The third-order valence-electron chi connectivity index (χ3n) is 5.33. The molecule has 0 aliphatic carbocycles. The van der Waals surface area contributed by atoms with E-state index in [0.29, 0.717) is 41.4 Å². The Hall–Kier alpha value is -3.95. The number of fused-ring (bicyclic) bond motifs is 1. The maximum Gasteiger partial charge on any atom is 0.257 e. The molecule has 9 nitrogen and oxygen atoms in total. The number of halogens is 1. The average Bonchev–Trinajstić information content (AvgIpc) is 3.29. The van der Waals surface area contributed by atoms with Crippen LogP contribution in [0, 0.1) is 5.95 Å². The highest BCUT2D eigenvalue weighted by molar-refractivity contribution is 6.07. The normalized spacial score (nSPS) is 13.4. The van der Waals surface area contributed by atoms with Crippen molar-refractivity contribution in [1.82, 2.24) is 34.3 Å². The number of amides is 1. The van der Waals surface area contributed by atoms with Crippen molar-refractivity contribution >= 4 is 17.3 Å². The molecule has 0 N–H and O–H groups in total. The van der Waals surface area contributed by atoms with Crippen molar-refractivity contribution in [3.05, 3.63) is 65.6 Å². The fraction of sp³-hybridized carbons (Fsp3) is 0.238.